The minimum atomic E-state index is -5.79. The van der Waals surface area contributed by atoms with Crippen LogP contribution in [0.1, 0.15) is 136 Å². The van der Waals surface area contributed by atoms with Gasteiger partial charge in [-0.1, -0.05) is 106 Å². The second-order valence-electron chi connectivity index (χ2n) is 14.6. The number of halogens is 6. The average Bonchev–Trinajstić information content (AvgIpc) is 3.21. The first-order chi connectivity index (χ1) is 19.7. The molecule has 0 heterocycles. The molecule has 0 unspecified atom stereocenters. The van der Waals surface area contributed by atoms with E-state index in [4.69, 9.17) is 0 Å². The Morgan fingerprint density at radius 3 is 1.95 bits per heavy atom. The molecule has 42 heavy (non-hydrogen) atoms. The molecule has 2 nitrogen and oxygen atoms in total. The molecule has 4 rings (SSSR count). The summed E-state index contributed by atoms with van der Waals surface area (Å²) < 4.78 is 72.1. The maximum atomic E-state index is 15.0. The highest BCUT2D eigenvalue weighted by Crippen LogP contribution is 2.72. The Labute approximate surface area is 263 Å². The van der Waals surface area contributed by atoms with Gasteiger partial charge < -0.3 is 5.11 Å². The molecule has 0 aliphatic heterocycles. The lowest BCUT2D eigenvalue weighted by molar-refractivity contribution is -0.364. The van der Waals surface area contributed by atoms with Crippen LogP contribution in [0.25, 0.3) is 0 Å². The van der Waals surface area contributed by atoms with E-state index in [1.54, 1.807) is 0 Å². The molecule has 0 amide bonds. The lowest BCUT2D eigenvalue weighted by Crippen LogP contribution is -2.66. The van der Waals surface area contributed by atoms with Crippen molar-refractivity contribution >= 4 is 28.4 Å². The van der Waals surface area contributed by atoms with Crippen molar-refractivity contribution in [2.24, 2.45) is 34.5 Å². The minimum absolute atomic E-state index is 0.00985. The van der Waals surface area contributed by atoms with Crippen LogP contribution in [-0.4, -0.2) is 33.0 Å². The van der Waals surface area contributed by atoms with Gasteiger partial charge in [0.2, 0.25) is 0 Å². The molecule has 4 aliphatic carbocycles. The number of allylic oxidation sites excluding steroid dienone is 1. The maximum Gasteiger partial charge on any atom is 0.456 e. The van der Waals surface area contributed by atoms with Crippen LogP contribution in [0.4, 0.5) is 22.0 Å². The SMILES string of the molecule is C[C@]12CCC(=O)C=C1C[C@@H](CCCCCCCCCCCCCI)[C@@H]1[C@@H]2CC[C@@]2(C)[C@H]1CC[C@@]2(O)C(F)(F)C(F)(F)F. The number of hydrogen-bond donors (Lipinski definition) is 1. The maximum absolute atomic E-state index is 15.0. The summed E-state index contributed by atoms with van der Waals surface area (Å²) in [6, 6.07) is 0. The lowest BCUT2D eigenvalue weighted by atomic mass is 9.43. The van der Waals surface area contributed by atoms with Crippen molar-refractivity contribution in [1.82, 2.24) is 0 Å². The zero-order chi connectivity index (χ0) is 30.8. The molecule has 0 aromatic rings. The Bertz CT molecular complexity index is 966. The Kier molecular flexibility index (Phi) is 11.2. The number of alkyl halides is 6. The summed E-state index contributed by atoms with van der Waals surface area (Å²) in [7, 11) is 0. The van der Waals surface area contributed by atoms with E-state index in [2.05, 4.69) is 29.5 Å². The van der Waals surface area contributed by atoms with Crippen molar-refractivity contribution < 1.29 is 31.9 Å². The van der Waals surface area contributed by atoms with Crippen molar-refractivity contribution in [2.45, 2.75) is 154 Å². The topological polar surface area (TPSA) is 37.3 Å². The molecular weight excluding hydrogens is 662 g/mol. The molecule has 4 aliphatic rings. The van der Waals surface area contributed by atoms with E-state index < -0.39 is 29.5 Å². The third-order valence-electron chi connectivity index (χ3n) is 12.4. The van der Waals surface area contributed by atoms with E-state index in [0.29, 0.717) is 12.8 Å². The normalized spacial score (nSPS) is 36.8. The number of aliphatic hydroxyl groups is 1. The second-order valence-corrected chi connectivity index (χ2v) is 15.7. The van der Waals surface area contributed by atoms with E-state index in [0.717, 1.165) is 38.5 Å². The third kappa shape index (κ3) is 6.38. The first kappa shape index (κ1) is 34.6. The van der Waals surface area contributed by atoms with E-state index in [-0.39, 0.29) is 47.7 Å². The number of unbranched alkanes of at least 4 members (excludes halogenated alkanes) is 10. The van der Waals surface area contributed by atoms with E-state index in [1.165, 1.54) is 68.3 Å². The van der Waals surface area contributed by atoms with Gasteiger partial charge in [0.05, 0.1) is 0 Å². The molecule has 242 valence electrons. The highest BCUT2D eigenvalue weighted by atomic mass is 127. The molecular formula is C34H52F5IO2. The third-order valence-corrected chi connectivity index (χ3v) is 13.1. The molecule has 0 aromatic heterocycles. The molecule has 0 saturated heterocycles. The smallest absolute Gasteiger partial charge is 0.383 e. The van der Waals surface area contributed by atoms with Crippen LogP contribution in [0, 0.1) is 34.5 Å². The minimum Gasteiger partial charge on any atom is -0.383 e. The van der Waals surface area contributed by atoms with E-state index in [1.807, 2.05) is 6.08 Å². The van der Waals surface area contributed by atoms with Crippen LogP contribution in [0.3, 0.4) is 0 Å². The average molecular weight is 715 g/mol. The highest BCUT2D eigenvalue weighted by Gasteiger charge is 2.79. The van der Waals surface area contributed by atoms with Gasteiger partial charge in [-0.05, 0) is 91.0 Å². The van der Waals surface area contributed by atoms with Crippen LogP contribution >= 0.6 is 22.6 Å². The molecule has 0 radical (unpaired) electrons. The Hall–Kier alpha value is -0.250. The van der Waals surface area contributed by atoms with Crippen LogP contribution in [0.15, 0.2) is 11.6 Å². The molecule has 0 spiro atoms. The summed E-state index contributed by atoms with van der Waals surface area (Å²) >= 11 is 2.43. The van der Waals surface area contributed by atoms with Gasteiger partial charge in [0.15, 0.2) is 5.78 Å². The Morgan fingerprint density at radius 2 is 1.38 bits per heavy atom. The zero-order valence-electron chi connectivity index (χ0n) is 25.7. The fraction of sp³-hybridized carbons (Fsp3) is 0.912. The van der Waals surface area contributed by atoms with Crippen LogP contribution in [0.2, 0.25) is 0 Å². The number of ketones is 1. The Balaban J connectivity index is 1.42. The number of carbonyl (C=O) groups is 1. The lowest BCUT2D eigenvalue weighted by Gasteiger charge is -2.62. The fourth-order valence-corrected chi connectivity index (χ4v) is 10.4. The van der Waals surface area contributed by atoms with Gasteiger partial charge in [-0.2, -0.15) is 22.0 Å². The van der Waals surface area contributed by atoms with Crippen LogP contribution in [-0.2, 0) is 4.79 Å². The standard InChI is InChI=1S/C34H52F5IO2/c1-30-18-15-26(41)23-25(30)22-24(14-12-10-8-6-4-3-5-7-9-11-13-21-40)29-27(30)16-19-31(2)28(29)17-20-32(31,42)33(35,36)34(37,38)39/h23-24,27-29,42H,3-22H2,1-2H3/t24-,27+,28+,29-,30+,31+,32+/m1/s1. The second kappa shape index (κ2) is 13.6. The van der Waals surface area contributed by atoms with Gasteiger partial charge in [-0.25, -0.2) is 0 Å². The monoisotopic (exact) mass is 714 g/mol. The number of fused-ring (bicyclic) bond motifs is 5. The van der Waals surface area contributed by atoms with Gasteiger partial charge in [0.25, 0.3) is 0 Å². The molecule has 3 saturated carbocycles. The van der Waals surface area contributed by atoms with Crippen LogP contribution in [0.5, 0.6) is 0 Å². The first-order valence-corrected chi connectivity index (χ1v) is 18.2. The quantitative estimate of drug-likeness (QED) is 0.0842. The summed E-state index contributed by atoms with van der Waals surface area (Å²) in [6.07, 6.45) is 12.8. The van der Waals surface area contributed by atoms with Gasteiger partial charge in [0, 0.05) is 11.8 Å². The summed E-state index contributed by atoms with van der Waals surface area (Å²) in [6.45, 7) is 3.70. The largest absolute Gasteiger partial charge is 0.456 e. The van der Waals surface area contributed by atoms with Crippen molar-refractivity contribution in [3.8, 4) is 0 Å². The molecule has 3 fully saturated rings. The van der Waals surface area contributed by atoms with Crippen molar-refractivity contribution in [3.05, 3.63) is 11.6 Å². The first-order valence-electron chi connectivity index (χ1n) is 16.7. The molecule has 0 aromatic carbocycles. The summed E-state index contributed by atoms with van der Waals surface area (Å²) in [5, 5.41) is 11.3. The molecule has 1 N–H and O–H groups in total. The highest BCUT2D eigenvalue weighted by molar-refractivity contribution is 14.1. The summed E-state index contributed by atoms with van der Waals surface area (Å²) in [5.41, 5.74) is -3.64. The number of hydrogen-bond acceptors (Lipinski definition) is 2. The summed E-state index contributed by atoms with van der Waals surface area (Å²) in [4.78, 5) is 12.4. The molecule has 0 bridgehead atoms. The van der Waals surface area contributed by atoms with E-state index in [9.17, 15) is 31.9 Å². The molecule has 8 heteroatoms. The van der Waals surface area contributed by atoms with Gasteiger partial charge in [0.1, 0.15) is 5.60 Å². The van der Waals surface area contributed by atoms with Crippen LogP contribution < -0.4 is 0 Å². The predicted octanol–water partition coefficient (Wildman–Crippen LogP) is 10.8. The van der Waals surface area contributed by atoms with Gasteiger partial charge in [-0.15, -0.1) is 0 Å². The Morgan fingerprint density at radius 1 is 0.833 bits per heavy atom. The fourth-order valence-electron chi connectivity index (χ4n) is 9.86. The zero-order valence-corrected chi connectivity index (χ0v) is 27.8. The van der Waals surface area contributed by atoms with Crippen molar-refractivity contribution in [2.75, 3.05) is 4.43 Å². The molecule has 7 atom stereocenters. The number of carbonyl (C=O) groups excluding carboxylic acids is 1. The van der Waals surface area contributed by atoms with E-state index >= 15 is 0 Å². The van der Waals surface area contributed by atoms with Crippen molar-refractivity contribution in [3.63, 3.8) is 0 Å². The predicted molar refractivity (Wildman–Crippen MR) is 166 cm³/mol. The van der Waals surface area contributed by atoms with Crippen molar-refractivity contribution in [1.29, 1.82) is 0 Å². The summed E-state index contributed by atoms with van der Waals surface area (Å²) in [5.74, 6) is -5.11. The number of rotatable bonds is 14. The van der Waals surface area contributed by atoms with Gasteiger partial charge >= 0.3 is 12.1 Å². The van der Waals surface area contributed by atoms with Gasteiger partial charge in [-0.3, -0.25) is 4.79 Å².